The van der Waals surface area contributed by atoms with Gasteiger partial charge >= 0.3 is 11.6 Å². The fourth-order valence-corrected chi connectivity index (χ4v) is 1.59. The highest BCUT2D eigenvalue weighted by Crippen LogP contribution is 2.23. The molecule has 0 saturated heterocycles. The minimum atomic E-state index is -0.546. The number of hydrogen-bond acceptors (Lipinski definition) is 5. The molecule has 0 amide bonds. The van der Waals surface area contributed by atoms with Crippen molar-refractivity contribution >= 4 is 16.9 Å². The molecule has 5 nitrogen and oxygen atoms in total. The quantitative estimate of drug-likeness (QED) is 0.653. The van der Waals surface area contributed by atoms with Crippen LogP contribution in [0.2, 0.25) is 0 Å². The molecule has 2 N–H and O–H groups in total. The molecule has 18 heavy (non-hydrogen) atoms. The summed E-state index contributed by atoms with van der Waals surface area (Å²) >= 11 is 0. The van der Waals surface area contributed by atoms with Gasteiger partial charge in [-0.2, -0.15) is 0 Å². The summed E-state index contributed by atoms with van der Waals surface area (Å²) in [6.07, 6.45) is 0.781. The van der Waals surface area contributed by atoms with Crippen LogP contribution in [-0.4, -0.2) is 12.5 Å². The third-order valence-electron chi connectivity index (χ3n) is 2.42. The van der Waals surface area contributed by atoms with Crippen LogP contribution in [-0.2, 0) is 4.79 Å². The van der Waals surface area contributed by atoms with Crippen molar-refractivity contribution in [1.82, 2.24) is 0 Å². The number of nitrogens with two attached hydrogens (primary N) is 1. The van der Waals surface area contributed by atoms with Crippen molar-refractivity contribution in [1.29, 1.82) is 0 Å². The fourth-order valence-electron chi connectivity index (χ4n) is 1.59. The van der Waals surface area contributed by atoms with Gasteiger partial charge in [-0.05, 0) is 25.1 Å². The van der Waals surface area contributed by atoms with Crippen LogP contribution in [0.1, 0.15) is 12.8 Å². The lowest BCUT2D eigenvalue weighted by Gasteiger charge is -2.06. The number of para-hydroxylation sites is 1. The number of fused-ring (bicyclic) bond motifs is 1. The summed E-state index contributed by atoms with van der Waals surface area (Å²) in [5, 5.41) is 0.596. The molecule has 0 aliphatic carbocycles. The zero-order valence-electron chi connectivity index (χ0n) is 9.72. The molecular formula is C13H13NO4. The zero-order valence-corrected chi connectivity index (χ0v) is 9.72. The maximum Gasteiger partial charge on any atom is 0.339 e. The van der Waals surface area contributed by atoms with Gasteiger partial charge in [-0.15, -0.1) is 0 Å². The second-order valence-corrected chi connectivity index (χ2v) is 3.79. The predicted molar refractivity (Wildman–Crippen MR) is 66.4 cm³/mol. The highest BCUT2D eigenvalue weighted by molar-refractivity contribution is 5.86. The van der Waals surface area contributed by atoms with Crippen molar-refractivity contribution in [2.45, 2.75) is 12.8 Å². The molecule has 0 unspecified atom stereocenters. The van der Waals surface area contributed by atoms with Gasteiger partial charge in [-0.25, -0.2) is 4.79 Å². The minimum absolute atomic E-state index is 0.226. The van der Waals surface area contributed by atoms with Gasteiger partial charge < -0.3 is 14.9 Å². The number of carbonyl (C=O) groups excluding carboxylic acids is 1. The van der Waals surface area contributed by atoms with Crippen molar-refractivity contribution in [2.24, 2.45) is 5.73 Å². The highest BCUT2D eigenvalue weighted by Gasteiger charge is 2.10. The molecular weight excluding hydrogens is 234 g/mol. The fraction of sp³-hybridized carbons (Fsp3) is 0.231. The van der Waals surface area contributed by atoms with Crippen molar-refractivity contribution in [3.63, 3.8) is 0 Å². The standard InChI is InChI=1S/C13H13NO4/c14-7-3-6-12(15)18-11-8-13(16)17-10-5-2-1-4-9(10)11/h1-2,4-5,8H,3,6-7,14H2. The molecule has 0 saturated carbocycles. The van der Waals surface area contributed by atoms with E-state index in [0.717, 1.165) is 0 Å². The van der Waals surface area contributed by atoms with Crippen LogP contribution in [0.5, 0.6) is 5.75 Å². The maximum absolute atomic E-state index is 11.5. The van der Waals surface area contributed by atoms with Gasteiger partial charge in [0.1, 0.15) is 11.3 Å². The Kier molecular flexibility index (Phi) is 3.74. The molecule has 0 aliphatic heterocycles. The normalized spacial score (nSPS) is 10.5. The van der Waals surface area contributed by atoms with E-state index in [1.807, 2.05) is 0 Å². The number of esters is 1. The Morgan fingerprint density at radius 2 is 2.11 bits per heavy atom. The first-order valence-electron chi connectivity index (χ1n) is 5.64. The molecule has 1 aromatic heterocycles. The maximum atomic E-state index is 11.5. The third kappa shape index (κ3) is 2.75. The average molecular weight is 247 g/mol. The van der Waals surface area contributed by atoms with Crippen LogP contribution in [0, 0.1) is 0 Å². The van der Waals surface area contributed by atoms with Gasteiger partial charge in [-0.3, -0.25) is 4.79 Å². The lowest BCUT2D eigenvalue weighted by atomic mass is 10.2. The van der Waals surface area contributed by atoms with E-state index >= 15 is 0 Å². The monoisotopic (exact) mass is 247 g/mol. The minimum Gasteiger partial charge on any atom is -0.425 e. The summed E-state index contributed by atoms with van der Waals surface area (Å²) in [7, 11) is 0. The Morgan fingerprint density at radius 1 is 1.33 bits per heavy atom. The third-order valence-corrected chi connectivity index (χ3v) is 2.42. The van der Waals surface area contributed by atoms with Gasteiger partial charge in [0, 0.05) is 6.42 Å². The predicted octanol–water partition coefficient (Wildman–Crippen LogP) is 1.44. The number of carbonyl (C=O) groups is 1. The highest BCUT2D eigenvalue weighted by atomic mass is 16.5. The van der Waals surface area contributed by atoms with E-state index < -0.39 is 11.6 Å². The van der Waals surface area contributed by atoms with Gasteiger partial charge in [0.05, 0.1) is 11.5 Å². The molecule has 0 fully saturated rings. The van der Waals surface area contributed by atoms with Crippen molar-refractivity contribution < 1.29 is 13.9 Å². The number of benzene rings is 1. The van der Waals surface area contributed by atoms with Crippen molar-refractivity contribution in [3.05, 3.63) is 40.8 Å². The first-order valence-corrected chi connectivity index (χ1v) is 5.64. The molecule has 1 aromatic carbocycles. The lowest BCUT2D eigenvalue weighted by molar-refractivity contribution is -0.134. The molecule has 0 bridgehead atoms. The second kappa shape index (κ2) is 5.46. The van der Waals surface area contributed by atoms with E-state index in [1.54, 1.807) is 24.3 Å². The van der Waals surface area contributed by atoms with Crippen LogP contribution in [0.15, 0.2) is 39.5 Å². The number of hydrogen-bond donors (Lipinski definition) is 1. The Morgan fingerprint density at radius 3 is 2.89 bits per heavy atom. The van der Waals surface area contributed by atoms with Gasteiger partial charge in [0.25, 0.3) is 0 Å². The molecule has 0 radical (unpaired) electrons. The SMILES string of the molecule is NCCCC(=O)Oc1cc(=O)oc2ccccc12. The van der Waals surface area contributed by atoms with E-state index in [4.69, 9.17) is 14.9 Å². The average Bonchev–Trinajstić information content (AvgIpc) is 2.36. The van der Waals surface area contributed by atoms with Crippen LogP contribution in [0.3, 0.4) is 0 Å². The van der Waals surface area contributed by atoms with Gasteiger partial charge in [0.2, 0.25) is 0 Å². The van der Waals surface area contributed by atoms with E-state index in [0.29, 0.717) is 23.9 Å². The Hall–Kier alpha value is -2.14. The molecule has 0 spiro atoms. The van der Waals surface area contributed by atoms with Crippen LogP contribution in [0.4, 0.5) is 0 Å². The largest absolute Gasteiger partial charge is 0.425 e. The van der Waals surface area contributed by atoms with Crippen LogP contribution in [0.25, 0.3) is 11.0 Å². The summed E-state index contributed by atoms with van der Waals surface area (Å²) in [5.41, 5.74) is 5.16. The first-order chi connectivity index (χ1) is 8.70. The second-order valence-electron chi connectivity index (χ2n) is 3.79. The summed E-state index contributed by atoms with van der Waals surface area (Å²) in [6, 6.07) is 8.06. The van der Waals surface area contributed by atoms with Crippen molar-refractivity contribution in [2.75, 3.05) is 6.54 Å². The van der Waals surface area contributed by atoms with E-state index in [1.165, 1.54) is 6.07 Å². The Bertz CT molecular complexity index is 618. The zero-order chi connectivity index (χ0) is 13.0. The summed E-state index contributed by atoms with van der Waals surface area (Å²) < 4.78 is 10.2. The molecule has 5 heteroatoms. The molecule has 0 atom stereocenters. The summed E-state index contributed by atoms with van der Waals surface area (Å²) in [4.78, 5) is 22.8. The van der Waals surface area contributed by atoms with Gasteiger partial charge in [0.15, 0.2) is 0 Å². The molecule has 1 heterocycles. The first kappa shape index (κ1) is 12.3. The van der Waals surface area contributed by atoms with E-state index in [-0.39, 0.29) is 12.2 Å². The van der Waals surface area contributed by atoms with Crippen molar-refractivity contribution in [3.8, 4) is 5.75 Å². The summed E-state index contributed by atoms with van der Waals surface area (Å²) in [5.74, 6) is -0.180. The molecule has 2 aromatic rings. The van der Waals surface area contributed by atoms with E-state index in [2.05, 4.69) is 0 Å². The van der Waals surface area contributed by atoms with E-state index in [9.17, 15) is 9.59 Å². The summed E-state index contributed by atoms with van der Waals surface area (Å²) in [6.45, 7) is 0.423. The number of rotatable bonds is 4. The smallest absolute Gasteiger partial charge is 0.339 e. The topological polar surface area (TPSA) is 82.5 Å². The van der Waals surface area contributed by atoms with Crippen LogP contribution >= 0.6 is 0 Å². The lowest BCUT2D eigenvalue weighted by Crippen LogP contribution is -2.12. The number of ether oxygens (including phenoxy) is 1. The van der Waals surface area contributed by atoms with Crippen LogP contribution < -0.4 is 16.1 Å². The molecule has 2 rings (SSSR count). The Balaban J connectivity index is 2.32. The molecule has 0 aliphatic rings. The van der Waals surface area contributed by atoms with Gasteiger partial charge in [-0.1, -0.05) is 12.1 Å². The Labute approximate surface area is 103 Å². The molecule has 94 valence electrons.